The van der Waals surface area contributed by atoms with Crippen LogP contribution in [0.5, 0.6) is 0 Å². The zero-order valence-corrected chi connectivity index (χ0v) is 38.2. The third-order valence-electron chi connectivity index (χ3n) is 15.6. The lowest BCUT2D eigenvalue weighted by atomic mass is 9.81. The number of esters is 7. The highest BCUT2D eigenvalue weighted by Gasteiger charge is 2.64. The molecule has 3 aliphatic heterocycles. The van der Waals surface area contributed by atoms with Gasteiger partial charge in [-0.15, -0.1) is 0 Å². The third kappa shape index (κ3) is 10.1. The zero-order valence-electron chi connectivity index (χ0n) is 38.2. The van der Waals surface area contributed by atoms with Crippen LogP contribution in [0.4, 0.5) is 0 Å². The lowest BCUT2D eigenvalue weighted by Gasteiger charge is -2.35. The summed E-state index contributed by atoms with van der Waals surface area (Å²) in [4.78, 5) is 82.4. The predicted octanol–water partition coefficient (Wildman–Crippen LogP) is 6.58. The molecule has 0 amide bonds. The van der Waals surface area contributed by atoms with Crippen molar-refractivity contribution in [3.8, 4) is 0 Å². The van der Waals surface area contributed by atoms with Crippen molar-refractivity contribution >= 4 is 41.8 Å². The van der Waals surface area contributed by atoms with E-state index < -0.39 is 28.2 Å². The first-order chi connectivity index (χ1) is 29.2. The average Bonchev–Trinajstić information content (AvgIpc) is 4.12. The highest BCUT2D eigenvalue weighted by Crippen LogP contribution is 2.56. The summed E-state index contributed by atoms with van der Waals surface area (Å²) in [6, 6.07) is 0. The molecule has 0 N–H and O–H groups in total. The van der Waals surface area contributed by atoms with Crippen molar-refractivity contribution in [1.82, 2.24) is 0 Å². The minimum atomic E-state index is -0.610. The quantitative estimate of drug-likeness (QED) is 0.103. The maximum Gasteiger partial charge on any atom is 0.344 e. The van der Waals surface area contributed by atoms with E-state index in [-0.39, 0.29) is 109 Å². The highest BCUT2D eigenvalue weighted by atomic mass is 16.7. The van der Waals surface area contributed by atoms with Crippen molar-refractivity contribution < 1.29 is 71.5 Å². The van der Waals surface area contributed by atoms with Gasteiger partial charge in [-0.25, -0.2) is 4.79 Å². The minimum Gasteiger partial charge on any atom is -0.462 e. The van der Waals surface area contributed by atoms with Crippen molar-refractivity contribution in [1.29, 1.82) is 0 Å². The number of carbonyl (C=O) groups is 7. The van der Waals surface area contributed by atoms with Gasteiger partial charge in [0.25, 0.3) is 0 Å². The Kier molecular flexibility index (Phi) is 14.7. The molecule has 15 nitrogen and oxygen atoms in total. The molecule has 0 aromatic carbocycles. The molecule has 5 saturated carbocycles. The second kappa shape index (κ2) is 19.2. The van der Waals surface area contributed by atoms with Gasteiger partial charge in [-0.3, -0.25) is 28.8 Å². The molecule has 13 unspecified atom stereocenters. The van der Waals surface area contributed by atoms with Gasteiger partial charge in [-0.2, -0.15) is 0 Å². The Balaban J connectivity index is 0.000000155. The highest BCUT2D eigenvalue weighted by molar-refractivity contribution is 5.81. The molecule has 8 fully saturated rings. The Morgan fingerprint density at radius 1 is 0.597 bits per heavy atom. The molecule has 13 atom stereocenters. The fraction of sp³-hybridized carbons (Fsp3) is 0.851. The normalized spacial score (nSPS) is 34.9. The van der Waals surface area contributed by atoms with E-state index in [1.807, 2.05) is 48.5 Å². The van der Waals surface area contributed by atoms with E-state index in [0.717, 1.165) is 70.6 Å². The van der Waals surface area contributed by atoms with Crippen molar-refractivity contribution in [2.24, 2.45) is 57.7 Å². The molecule has 348 valence electrons. The Hall–Kier alpha value is -3.75. The standard InChI is InChI=1S/C16H22O6.C16H26O4.C15H22O5/c1-4-16(2,3)15(19)20-7-11(17)21-12-8-5-9-10(6-8)14(18)22-13(9)12;1-4-16(2,3)15(18)20-12-8-6-5-7-11(12)13-9-10-14(17)19-13;1-4-15(2,3)14(17)19-7-18-11-8-5-9-10(6-8)13(16)20-12(9)11/h8-10,12-13H,4-7H2,1-3H3;11-13H,4-10H2,1-3H3;8-12H,4-7H2,1-3H3. The topological polar surface area (TPSA) is 193 Å². The van der Waals surface area contributed by atoms with Crippen LogP contribution in [-0.4, -0.2) is 91.8 Å². The van der Waals surface area contributed by atoms with E-state index in [2.05, 4.69) is 0 Å². The van der Waals surface area contributed by atoms with Gasteiger partial charge in [0.1, 0.15) is 36.6 Å². The summed E-state index contributed by atoms with van der Waals surface area (Å²) in [5.41, 5.74) is -1.53. The molecule has 5 aliphatic carbocycles. The van der Waals surface area contributed by atoms with Crippen LogP contribution in [-0.2, 0) is 71.5 Å². The summed E-state index contributed by atoms with van der Waals surface area (Å²) < 4.78 is 43.3. The molecule has 3 heterocycles. The van der Waals surface area contributed by atoms with Gasteiger partial charge >= 0.3 is 41.8 Å². The van der Waals surface area contributed by atoms with Crippen molar-refractivity contribution in [3.63, 3.8) is 0 Å². The number of cyclic esters (lactones) is 1. The van der Waals surface area contributed by atoms with Crippen LogP contribution in [0.3, 0.4) is 0 Å². The molecule has 0 aromatic heterocycles. The monoisotopic (exact) mass is 874 g/mol. The second-order valence-corrected chi connectivity index (χ2v) is 20.7. The molecule has 0 aromatic rings. The maximum absolute atomic E-state index is 12.3. The molecular formula is C47H70O15. The lowest BCUT2D eigenvalue weighted by Crippen LogP contribution is -2.40. The van der Waals surface area contributed by atoms with E-state index in [9.17, 15) is 33.6 Å². The van der Waals surface area contributed by atoms with Crippen LogP contribution < -0.4 is 0 Å². The van der Waals surface area contributed by atoms with Crippen molar-refractivity contribution in [3.05, 3.63) is 0 Å². The van der Waals surface area contributed by atoms with Crippen LogP contribution in [0.25, 0.3) is 0 Å². The fourth-order valence-electron chi connectivity index (χ4n) is 10.3. The first kappa shape index (κ1) is 47.7. The van der Waals surface area contributed by atoms with Gasteiger partial charge < -0.3 is 37.9 Å². The molecule has 0 radical (unpaired) electrons. The summed E-state index contributed by atoms with van der Waals surface area (Å²) in [6.45, 7) is 16.5. The molecular weight excluding hydrogens is 805 g/mol. The van der Waals surface area contributed by atoms with Gasteiger partial charge in [0, 0.05) is 30.1 Å². The summed E-state index contributed by atoms with van der Waals surface area (Å²) in [5.74, 6) is -0.347. The molecule has 3 saturated heterocycles. The van der Waals surface area contributed by atoms with Gasteiger partial charge in [-0.1, -0.05) is 27.2 Å². The number of fused-ring (bicyclic) bond motifs is 2. The Bertz CT molecular complexity index is 1700. The third-order valence-corrected chi connectivity index (χ3v) is 15.6. The largest absolute Gasteiger partial charge is 0.462 e. The Labute approximate surface area is 366 Å². The Morgan fingerprint density at radius 3 is 1.66 bits per heavy atom. The first-order valence-corrected chi connectivity index (χ1v) is 23.2. The second-order valence-electron chi connectivity index (χ2n) is 20.7. The van der Waals surface area contributed by atoms with Gasteiger partial charge in [0.2, 0.25) is 0 Å². The molecule has 0 spiro atoms. The zero-order chi connectivity index (χ0) is 45.3. The summed E-state index contributed by atoms with van der Waals surface area (Å²) in [6.07, 6.45) is 9.93. The van der Waals surface area contributed by atoms with Crippen molar-refractivity contribution in [2.75, 3.05) is 13.4 Å². The summed E-state index contributed by atoms with van der Waals surface area (Å²) in [5, 5.41) is 0. The molecule has 15 heteroatoms. The van der Waals surface area contributed by atoms with Crippen LogP contribution >= 0.6 is 0 Å². The van der Waals surface area contributed by atoms with E-state index in [1.54, 1.807) is 13.8 Å². The summed E-state index contributed by atoms with van der Waals surface area (Å²) in [7, 11) is 0. The smallest absolute Gasteiger partial charge is 0.344 e. The fourth-order valence-corrected chi connectivity index (χ4v) is 10.3. The Morgan fingerprint density at radius 2 is 1.11 bits per heavy atom. The van der Waals surface area contributed by atoms with Gasteiger partial charge in [-0.05, 0) is 118 Å². The number of carbonyl (C=O) groups excluding carboxylic acids is 7. The molecule has 8 aliphatic rings. The number of hydrogen-bond acceptors (Lipinski definition) is 15. The average molecular weight is 875 g/mol. The number of rotatable bonds is 14. The predicted molar refractivity (Wildman–Crippen MR) is 219 cm³/mol. The van der Waals surface area contributed by atoms with Gasteiger partial charge in [0.15, 0.2) is 13.4 Å². The maximum atomic E-state index is 12.3. The van der Waals surface area contributed by atoms with Crippen LogP contribution in [0.2, 0.25) is 0 Å². The lowest BCUT2D eigenvalue weighted by molar-refractivity contribution is -0.180. The van der Waals surface area contributed by atoms with Crippen LogP contribution in [0.1, 0.15) is 146 Å². The van der Waals surface area contributed by atoms with Crippen molar-refractivity contribution in [2.45, 2.75) is 182 Å². The number of ether oxygens (including phenoxy) is 8. The van der Waals surface area contributed by atoms with E-state index >= 15 is 0 Å². The minimum absolute atomic E-state index is 0.00636. The van der Waals surface area contributed by atoms with Crippen LogP contribution in [0, 0.1) is 57.7 Å². The first-order valence-electron chi connectivity index (χ1n) is 23.2. The SMILES string of the molecule is CCC(C)(C)C(=O)OC1CCCCC1C1CCC(=O)O1.CCC(C)(C)C(=O)OCC(=O)OC1C2CC3C(=O)OC1C3C2.CCC(C)(C)C(=O)OCOC1C2CC3C(=O)OC1C3C2. The van der Waals surface area contributed by atoms with Gasteiger partial charge in [0.05, 0.1) is 28.1 Å². The van der Waals surface area contributed by atoms with E-state index in [1.165, 1.54) is 0 Å². The van der Waals surface area contributed by atoms with E-state index in [4.69, 9.17) is 37.9 Å². The summed E-state index contributed by atoms with van der Waals surface area (Å²) >= 11 is 0. The van der Waals surface area contributed by atoms with Crippen LogP contribution in [0.15, 0.2) is 0 Å². The number of hydrogen-bond donors (Lipinski definition) is 0. The molecule has 62 heavy (non-hydrogen) atoms. The van der Waals surface area contributed by atoms with E-state index in [0.29, 0.717) is 24.7 Å². The molecule has 4 bridgehead atoms. The molecule has 8 rings (SSSR count).